The van der Waals surface area contributed by atoms with E-state index in [4.69, 9.17) is 4.99 Å². The van der Waals surface area contributed by atoms with Crippen molar-refractivity contribution in [3.05, 3.63) is 66.4 Å². The normalized spacial score (nSPS) is 15.7. The smallest absolute Gasteiger partial charge is 0.104 e. The van der Waals surface area contributed by atoms with Crippen LogP contribution in [0.15, 0.2) is 65.7 Å². The van der Waals surface area contributed by atoms with E-state index in [-0.39, 0.29) is 17.9 Å². The van der Waals surface area contributed by atoms with E-state index in [1.54, 1.807) is 0 Å². The number of rotatable bonds is 3. The van der Waals surface area contributed by atoms with E-state index in [9.17, 15) is 0 Å². The van der Waals surface area contributed by atoms with Crippen LogP contribution in [0.5, 0.6) is 0 Å². The van der Waals surface area contributed by atoms with Gasteiger partial charge in [-0.25, -0.2) is 0 Å². The molecule has 0 amide bonds. The highest BCUT2D eigenvalue weighted by Crippen LogP contribution is 2.29. The summed E-state index contributed by atoms with van der Waals surface area (Å²) in [5, 5.41) is 1.26. The second-order valence-electron chi connectivity index (χ2n) is 7.14. The quantitative estimate of drug-likeness (QED) is 0.656. The molecule has 0 radical (unpaired) electrons. The average Bonchev–Trinajstić information content (AvgIpc) is 3.15. The Labute approximate surface area is 155 Å². The average molecular weight is 354 g/mol. The molecule has 1 N–H and O–H groups in total. The van der Waals surface area contributed by atoms with Gasteiger partial charge in [0.1, 0.15) is 5.84 Å². The van der Waals surface area contributed by atoms with E-state index in [0.29, 0.717) is 0 Å². The third kappa shape index (κ3) is 3.72. The molecule has 0 atom stereocenters. The summed E-state index contributed by atoms with van der Waals surface area (Å²) in [4.78, 5) is 10.9. The number of para-hydroxylation sites is 2. The highest BCUT2D eigenvalue weighted by atomic mass is 35.5. The molecule has 0 bridgehead atoms. The van der Waals surface area contributed by atoms with Crippen molar-refractivity contribution in [2.75, 3.05) is 4.90 Å². The second kappa shape index (κ2) is 6.93. The minimum Gasteiger partial charge on any atom is -0.357 e. The zero-order valence-corrected chi connectivity index (χ0v) is 15.5. The molecule has 3 nitrogen and oxygen atoms in total. The molecule has 4 rings (SSSR count). The standard InChI is InChI=1S/C21H23N3.ClH/c1-21(2)13-12-20(23-21)24(18-9-4-3-5-10-18)15-17-14-16-8-6-7-11-19(16)22-17;/h3-11,14,22H,12-13,15H2,1-2H3;1H. The molecule has 4 heteroatoms. The van der Waals surface area contributed by atoms with E-state index < -0.39 is 0 Å². The van der Waals surface area contributed by atoms with Gasteiger partial charge in [-0.1, -0.05) is 36.4 Å². The number of nitrogens with one attached hydrogen (secondary N) is 1. The molecule has 2 aromatic carbocycles. The third-order valence-electron chi connectivity index (χ3n) is 4.69. The molecule has 1 aromatic heterocycles. The predicted octanol–water partition coefficient (Wildman–Crippen LogP) is 5.57. The first-order valence-corrected chi connectivity index (χ1v) is 8.59. The number of H-pyrrole nitrogens is 1. The summed E-state index contributed by atoms with van der Waals surface area (Å²) in [6, 6.07) is 21.2. The maximum Gasteiger partial charge on any atom is 0.104 e. The fourth-order valence-electron chi connectivity index (χ4n) is 3.40. The topological polar surface area (TPSA) is 31.4 Å². The lowest BCUT2D eigenvalue weighted by Gasteiger charge is -2.24. The van der Waals surface area contributed by atoms with Crippen LogP contribution in [0.2, 0.25) is 0 Å². The van der Waals surface area contributed by atoms with Gasteiger partial charge in [0.25, 0.3) is 0 Å². The fraction of sp³-hybridized carbons (Fsp3) is 0.286. The molecule has 3 aromatic rings. The number of benzene rings is 2. The number of aliphatic imine (C=N–C) groups is 1. The lowest BCUT2D eigenvalue weighted by Crippen LogP contribution is -2.29. The number of hydrogen-bond donors (Lipinski definition) is 1. The van der Waals surface area contributed by atoms with Crippen molar-refractivity contribution in [3.8, 4) is 0 Å². The van der Waals surface area contributed by atoms with E-state index in [0.717, 1.165) is 19.4 Å². The predicted molar refractivity (Wildman–Crippen MR) is 109 cm³/mol. The molecule has 0 fully saturated rings. The van der Waals surface area contributed by atoms with Gasteiger partial charge < -0.3 is 9.88 Å². The highest BCUT2D eigenvalue weighted by molar-refractivity contribution is 5.99. The van der Waals surface area contributed by atoms with Crippen LogP contribution in [0.3, 0.4) is 0 Å². The Morgan fingerprint density at radius 1 is 1.04 bits per heavy atom. The number of hydrogen-bond acceptors (Lipinski definition) is 2. The van der Waals surface area contributed by atoms with Gasteiger partial charge in [-0.2, -0.15) is 0 Å². The SMILES string of the molecule is CC1(C)CCC(N(Cc2cc3ccccc3[nH]2)c2ccccc2)=N1.Cl. The maximum absolute atomic E-state index is 4.98. The summed E-state index contributed by atoms with van der Waals surface area (Å²) >= 11 is 0. The van der Waals surface area contributed by atoms with Crippen molar-refractivity contribution >= 4 is 34.8 Å². The number of halogens is 1. The molecular formula is C21H24ClN3. The number of aromatic amines is 1. The Morgan fingerprint density at radius 2 is 1.76 bits per heavy atom. The van der Waals surface area contributed by atoms with Gasteiger partial charge >= 0.3 is 0 Å². The van der Waals surface area contributed by atoms with Crippen LogP contribution in [-0.2, 0) is 6.54 Å². The van der Waals surface area contributed by atoms with Crippen molar-refractivity contribution in [2.45, 2.75) is 38.8 Å². The van der Waals surface area contributed by atoms with Gasteiger partial charge in [0.05, 0.1) is 12.1 Å². The lowest BCUT2D eigenvalue weighted by molar-refractivity contribution is 0.522. The molecule has 2 heterocycles. The van der Waals surface area contributed by atoms with E-state index in [1.807, 2.05) is 0 Å². The molecule has 25 heavy (non-hydrogen) atoms. The van der Waals surface area contributed by atoms with Gasteiger partial charge in [0.15, 0.2) is 0 Å². The molecule has 130 valence electrons. The summed E-state index contributed by atoms with van der Waals surface area (Å²) < 4.78 is 0. The van der Waals surface area contributed by atoms with Crippen molar-refractivity contribution in [2.24, 2.45) is 4.99 Å². The Hall–Kier alpha value is -2.26. The Kier molecular flexibility index (Phi) is 4.87. The largest absolute Gasteiger partial charge is 0.357 e. The van der Waals surface area contributed by atoms with E-state index in [2.05, 4.69) is 84.4 Å². The molecule has 1 aliphatic heterocycles. The fourth-order valence-corrected chi connectivity index (χ4v) is 3.40. The Balaban J connectivity index is 0.00000182. The van der Waals surface area contributed by atoms with Crippen LogP contribution in [0, 0.1) is 0 Å². The zero-order valence-electron chi connectivity index (χ0n) is 14.7. The maximum atomic E-state index is 4.98. The summed E-state index contributed by atoms with van der Waals surface area (Å²) in [6.07, 6.45) is 2.14. The molecule has 0 saturated heterocycles. The number of fused-ring (bicyclic) bond motifs is 1. The van der Waals surface area contributed by atoms with Gasteiger partial charge in [0, 0.05) is 23.3 Å². The van der Waals surface area contributed by atoms with Gasteiger partial charge in [0.2, 0.25) is 0 Å². The summed E-state index contributed by atoms with van der Waals surface area (Å²) in [7, 11) is 0. The Bertz CT molecular complexity index is 847. The first-order valence-electron chi connectivity index (χ1n) is 8.59. The minimum absolute atomic E-state index is 0. The number of anilines is 1. The van der Waals surface area contributed by atoms with Gasteiger partial charge in [-0.3, -0.25) is 4.99 Å². The lowest BCUT2D eigenvalue weighted by atomic mass is 10.0. The highest BCUT2D eigenvalue weighted by Gasteiger charge is 2.28. The van der Waals surface area contributed by atoms with Crippen molar-refractivity contribution < 1.29 is 0 Å². The molecule has 0 unspecified atom stereocenters. The van der Waals surface area contributed by atoms with E-state index in [1.165, 1.54) is 28.1 Å². The molecule has 1 aliphatic rings. The molecule has 0 aliphatic carbocycles. The van der Waals surface area contributed by atoms with Crippen LogP contribution in [0.1, 0.15) is 32.4 Å². The zero-order chi connectivity index (χ0) is 16.6. The van der Waals surface area contributed by atoms with E-state index >= 15 is 0 Å². The second-order valence-corrected chi connectivity index (χ2v) is 7.14. The summed E-state index contributed by atoms with van der Waals surface area (Å²) in [5.41, 5.74) is 3.65. The van der Waals surface area contributed by atoms with Crippen molar-refractivity contribution in [1.29, 1.82) is 0 Å². The number of aromatic nitrogens is 1. The monoisotopic (exact) mass is 353 g/mol. The van der Waals surface area contributed by atoms with Crippen molar-refractivity contribution in [1.82, 2.24) is 4.98 Å². The van der Waals surface area contributed by atoms with Crippen LogP contribution >= 0.6 is 12.4 Å². The summed E-state index contributed by atoms with van der Waals surface area (Å²) in [5.74, 6) is 1.19. The summed E-state index contributed by atoms with van der Waals surface area (Å²) in [6.45, 7) is 5.24. The third-order valence-corrected chi connectivity index (χ3v) is 4.69. The van der Waals surface area contributed by atoms with Crippen LogP contribution in [-0.4, -0.2) is 16.4 Å². The molecule has 0 saturated carbocycles. The first-order chi connectivity index (χ1) is 11.6. The van der Waals surface area contributed by atoms with Gasteiger partial charge in [-0.05, 0) is 49.9 Å². The van der Waals surface area contributed by atoms with Crippen LogP contribution < -0.4 is 4.90 Å². The Morgan fingerprint density at radius 3 is 2.44 bits per heavy atom. The number of nitrogens with zero attached hydrogens (tertiary/aromatic N) is 2. The number of amidine groups is 1. The van der Waals surface area contributed by atoms with Gasteiger partial charge in [-0.15, -0.1) is 12.4 Å². The van der Waals surface area contributed by atoms with Crippen LogP contribution in [0.25, 0.3) is 10.9 Å². The molecule has 0 spiro atoms. The van der Waals surface area contributed by atoms with Crippen LogP contribution in [0.4, 0.5) is 5.69 Å². The first kappa shape index (κ1) is 17.6. The van der Waals surface area contributed by atoms with Crippen molar-refractivity contribution in [3.63, 3.8) is 0 Å². The minimum atomic E-state index is 0. The molecular weight excluding hydrogens is 330 g/mol.